The summed E-state index contributed by atoms with van der Waals surface area (Å²) < 4.78 is 6.30. The Morgan fingerprint density at radius 2 is 1.89 bits per heavy atom. The maximum absolute atomic E-state index is 10.4. The summed E-state index contributed by atoms with van der Waals surface area (Å²) in [4.78, 5) is 0. The molecule has 1 aromatic carbocycles. The summed E-state index contributed by atoms with van der Waals surface area (Å²) in [6.45, 7) is 4.63. The minimum Gasteiger partial charge on any atom is -0.487 e. The number of rotatable bonds is 1. The molecule has 0 saturated heterocycles. The van der Waals surface area contributed by atoms with Crippen molar-refractivity contribution in [3.05, 3.63) is 29.8 Å². The summed E-state index contributed by atoms with van der Waals surface area (Å²) in [7, 11) is 0. The number of ether oxygens (including phenoxy) is 1. The summed E-state index contributed by atoms with van der Waals surface area (Å²) >= 11 is 0. The number of aliphatic hydroxyl groups excluding tert-OH is 1. The van der Waals surface area contributed by atoms with Crippen LogP contribution in [-0.4, -0.2) is 10.7 Å². The maximum Gasteiger partial charge on any atom is 0.125 e. The molecule has 2 aliphatic rings. The van der Waals surface area contributed by atoms with Gasteiger partial charge in [-0.1, -0.05) is 32.0 Å². The molecule has 1 aliphatic carbocycles. The average Bonchev–Trinajstić information content (AvgIpc) is 2.39. The van der Waals surface area contributed by atoms with Crippen LogP contribution in [0.1, 0.15) is 57.6 Å². The van der Waals surface area contributed by atoms with Crippen LogP contribution in [0.15, 0.2) is 24.3 Å². The van der Waals surface area contributed by atoms with Crippen LogP contribution in [0.5, 0.6) is 5.75 Å². The van der Waals surface area contributed by atoms with Crippen LogP contribution in [0.3, 0.4) is 0 Å². The fourth-order valence-electron chi connectivity index (χ4n) is 3.73. The molecule has 1 fully saturated rings. The van der Waals surface area contributed by atoms with Crippen LogP contribution in [0.2, 0.25) is 0 Å². The summed E-state index contributed by atoms with van der Waals surface area (Å²) in [6.07, 6.45) is 5.02. The third-order valence-electron chi connectivity index (χ3n) is 5.05. The van der Waals surface area contributed by atoms with E-state index in [2.05, 4.69) is 13.8 Å². The molecule has 0 unspecified atom stereocenters. The van der Waals surface area contributed by atoms with Crippen LogP contribution in [0.4, 0.5) is 0 Å². The maximum atomic E-state index is 10.4. The van der Waals surface area contributed by atoms with Crippen LogP contribution >= 0.6 is 0 Å². The highest BCUT2D eigenvalue weighted by Crippen LogP contribution is 2.47. The first-order valence-electron chi connectivity index (χ1n) is 7.56. The number of benzene rings is 1. The Hall–Kier alpha value is -1.02. The van der Waals surface area contributed by atoms with Gasteiger partial charge in [-0.15, -0.1) is 0 Å². The van der Waals surface area contributed by atoms with Gasteiger partial charge in [0, 0.05) is 12.0 Å². The van der Waals surface area contributed by atoms with Crippen molar-refractivity contribution in [2.24, 2.45) is 11.8 Å². The van der Waals surface area contributed by atoms with Crippen molar-refractivity contribution in [2.45, 2.75) is 57.7 Å². The topological polar surface area (TPSA) is 29.5 Å². The predicted molar refractivity (Wildman–Crippen MR) is 76.2 cm³/mol. The average molecular weight is 260 g/mol. The molecule has 3 rings (SSSR count). The number of para-hydroxylation sites is 1. The fourth-order valence-corrected chi connectivity index (χ4v) is 3.73. The standard InChI is InChI=1S/C17H24O2/c1-12(2)13-7-9-17(10-8-13)11-15(18)14-5-3-4-6-16(14)19-17/h3-6,12-13,15,18H,7-11H2,1-2H3/t13?,15-,17?/m0/s1. The smallest absolute Gasteiger partial charge is 0.125 e. The van der Waals surface area contributed by atoms with Gasteiger partial charge in [0.15, 0.2) is 0 Å². The quantitative estimate of drug-likeness (QED) is 0.824. The third-order valence-corrected chi connectivity index (χ3v) is 5.05. The Kier molecular flexibility index (Phi) is 3.30. The highest BCUT2D eigenvalue weighted by Gasteiger charge is 2.43. The van der Waals surface area contributed by atoms with E-state index >= 15 is 0 Å². The molecular weight excluding hydrogens is 236 g/mol. The molecule has 0 aromatic heterocycles. The van der Waals surface area contributed by atoms with E-state index in [4.69, 9.17) is 4.74 Å². The van der Waals surface area contributed by atoms with E-state index in [9.17, 15) is 5.11 Å². The van der Waals surface area contributed by atoms with E-state index in [0.29, 0.717) is 0 Å². The SMILES string of the molecule is CC(C)C1CCC2(CC1)C[C@H](O)c1ccccc1O2. The third kappa shape index (κ3) is 2.38. The van der Waals surface area contributed by atoms with E-state index in [1.807, 2.05) is 24.3 Å². The lowest BCUT2D eigenvalue weighted by Gasteiger charge is -2.45. The lowest BCUT2D eigenvalue weighted by atomic mass is 9.71. The van der Waals surface area contributed by atoms with E-state index in [-0.39, 0.29) is 11.7 Å². The minimum absolute atomic E-state index is 0.112. The molecule has 104 valence electrons. The van der Waals surface area contributed by atoms with Crippen LogP contribution in [0, 0.1) is 11.8 Å². The van der Waals surface area contributed by atoms with Gasteiger partial charge in [-0.05, 0) is 43.6 Å². The van der Waals surface area contributed by atoms with Gasteiger partial charge in [-0.3, -0.25) is 0 Å². The van der Waals surface area contributed by atoms with Gasteiger partial charge in [0.05, 0.1) is 6.10 Å². The normalized spacial score (nSPS) is 34.1. The van der Waals surface area contributed by atoms with Crippen molar-refractivity contribution in [2.75, 3.05) is 0 Å². The Morgan fingerprint density at radius 1 is 1.21 bits per heavy atom. The lowest BCUT2D eigenvalue weighted by molar-refractivity contribution is -0.0503. The zero-order valence-electron chi connectivity index (χ0n) is 11.9. The van der Waals surface area contributed by atoms with Crippen molar-refractivity contribution in [3.8, 4) is 5.75 Å². The van der Waals surface area contributed by atoms with E-state index in [1.54, 1.807) is 0 Å². The molecule has 0 bridgehead atoms. The van der Waals surface area contributed by atoms with Gasteiger partial charge in [0.25, 0.3) is 0 Å². The van der Waals surface area contributed by atoms with Crippen molar-refractivity contribution < 1.29 is 9.84 Å². The van der Waals surface area contributed by atoms with Crippen molar-refractivity contribution in [1.29, 1.82) is 0 Å². The second-order valence-electron chi connectivity index (χ2n) is 6.62. The number of fused-ring (bicyclic) bond motifs is 1. The molecule has 1 aromatic rings. The molecule has 2 nitrogen and oxygen atoms in total. The summed E-state index contributed by atoms with van der Waals surface area (Å²) in [6, 6.07) is 7.93. The molecule has 1 aliphatic heterocycles. The summed E-state index contributed by atoms with van der Waals surface area (Å²) in [5.74, 6) is 2.48. The van der Waals surface area contributed by atoms with E-state index < -0.39 is 0 Å². The molecule has 2 heteroatoms. The molecule has 1 atom stereocenters. The predicted octanol–water partition coefficient (Wildman–Crippen LogP) is 4.09. The fraction of sp³-hybridized carbons (Fsp3) is 0.647. The van der Waals surface area contributed by atoms with Crippen LogP contribution in [0.25, 0.3) is 0 Å². The molecule has 1 spiro atoms. The molecule has 0 radical (unpaired) electrons. The first-order valence-corrected chi connectivity index (χ1v) is 7.56. The number of hydrogen-bond acceptors (Lipinski definition) is 2. The molecule has 0 amide bonds. The molecule has 1 saturated carbocycles. The summed E-state index contributed by atoms with van der Waals surface area (Å²) in [5, 5.41) is 10.4. The van der Waals surface area contributed by atoms with Gasteiger partial charge < -0.3 is 9.84 Å². The van der Waals surface area contributed by atoms with E-state index in [1.165, 1.54) is 12.8 Å². The Bertz CT molecular complexity index is 444. The Morgan fingerprint density at radius 3 is 2.58 bits per heavy atom. The Labute approximate surface area is 115 Å². The zero-order chi connectivity index (χ0) is 13.5. The van der Waals surface area contributed by atoms with Crippen LogP contribution < -0.4 is 4.74 Å². The van der Waals surface area contributed by atoms with Gasteiger partial charge in [0.1, 0.15) is 11.4 Å². The van der Waals surface area contributed by atoms with Crippen molar-refractivity contribution >= 4 is 0 Å². The highest BCUT2D eigenvalue weighted by molar-refractivity contribution is 5.38. The van der Waals surface area contributed by atoms with Gasteiger partial charge in [-0.2, -0.15) is 0 Å². The Balaban J connectivity index is 1.78. The molecule has 1 N–H and O–H groups in total. The molecule has 19 heavy (non-hydrogen) atoms. The monoisotopic (exact) mass is 260 g/mol. The molecule has 1 heterocycles. The number of hydrogen-bond donors (Lipinski definition) is 1. The van der Waals surface area contributed by atoms with Gasteiger partial charge in [-0.25, -0.2) is 0 Å². The minimum atomic E-state index is -0.361. The molecular formula is C17H24O2. The highest BCUT2D eigenvalue weighted by atomic mass is 16.5. The van der Waals surface area contributed by atoms with Crippen LogP contribution in [-0.2, 0) is 0 Å². The van der Waals surface area contributed by atoms with Gasteiger partial charge in [0.2, 0.25) is 0 Å². The van der Waals surface area contributed by atoms with Gasteiger partial charge >= 0.3 is 0 Å². The zero-order valence-corrected chi connectivity index (χ0v) is 11.9. The van der Waals surface area contributed by atoms with E-state index in [0.717, 1.165) is 42.4 Å². The van der Waals surface area contributed by atoms with Crippen molar-refractivity contribution in [1.82, 2.24) is 0 Å². The lowest BCUT2D eigenvalue weighted by Crippen LogP contribution is -2.44. The first kappa shape index (κ1) is 13.0. The first-order chi connectivity index (χ1) is 9.10. The largest absolute Gasteiger partial charge is 0.487 e. The number of aliphatic hydroxyl groups is 1. The van der Waals surface area contributed by atoms with Crippen molar-refractivity contribution in [3.63, 3.8) is 0 Å². The second kappa shape index (κ2) is 4.82. The summed E-state index contributed by atoms with van der Waals surface area (Å²) in [5.41, 5.74) is 0.846. The second-order valence-corrected chi connectivity index (χ2v) is 6.62.